The van der Waals surface area contributed by atoms with E-state index in [1.807, 2.05) is 0 Å². The molecule has 0 aliphatic carbocycles. The molecule has 8 nitrogen and oxygen atoms in total. The fourth-order valence-electron chi connectivity index (χ4n) is 1.19. The standard InChI is InChI=1S/C9H15N7O/c1-11-9(14-6-10)13-3-2-12-5-7-4-8(17)16-15-7/h4,12H,2-3,5H2,1H3,(H2,11,13,14)(H2,15,16,17). The van der Waals surface area contributed by atoms with Gasteiger partial charge in [0.1, 0.15) is 0 Å². The molecule has 0 aliphatic rings. The normalized spacial score (nSPS) is 10.9. The van der Waals surface area contributed by atoms with E-state index in [9.17, 15) is 4.79 Å². The third kappa shape index (κ3) is 4.85. The monoisotopic (exact) mass is 237 g/mol. The van der Waals surface area contributed by atoms with Gasteiger partial charge in [0.25, 0.3) is 5.56 Å². The van der Waals surface area contributed by atoms with Crippen LogP contribution in [-0.4, -0.2) is 36.3 Å². The molecule has 1 aromatic rings. The number of hydrogen-bond acceptors (Lipinski definition) is 4. The number of nitriles is 1. The second-order valence-corrected chi connectivity index (χ2v) is 3.20. The lowest BCUT2D eigenvalue weighted by atomic mass is 10.4. The molecule has 0 amide bonds. The van der Waals surface area contributed by atoms with Crippen molar-refractivity contribution in [3.63, 3.8) is 0 Å². The average Bonchev–Trinajstić information content (AvgIpc) is 2.73. The number of H-pyrrole nitrogens is 2. The van der Waals surface area contributed by atoms with Crippen molar-refractivity contribution >= 4 is 5.96 Å². The van der Waals surface area contributed by atoms with Crippen molar-refractivity contribution in [1.29, 1.82) is 5.26 Å². The van der Waals surface area contributed by atoms with Crippen LogP contribution in [0.2, 0.25) is 0 Å². The fourth-order valence-corrected chi connectivity index (χ4v) is 1.19. The molecule has 17 heavy (non-hydrogen) atoms. The van der Waals surface area contributed by atoms with Crippen LogP contribution in [0, 0.1) is 11.5 Å². The van der Waals surface area contributed by atoms with Gasteiger partial charge in [0, 0.05) is 32.7 Å². The Balaban J connectivity index is 2.13. The van der Waals surface area contributed by atoms with Gasteiger partial charge in [-0.2, -0.15) is 5.26 Å². The van der Waals surface area contributed by atoms with E-state index in [2.05, 4.69) is 31.1 Å². The summed E-state index contributed by atoms with van der Waals surface area (Å²) < 4.78 is 0. The summed E-state index contributed by atoms with van der Waals surface area (Å²) in [6.07, 6.45) is 1.78. The zero-order valence-electron chi connectivity index (χ0n) is 9.50. The number of hydrogen-bond donors (Lipinski definition) is 5. The van der Waals surface area contributed by atoms with Crippen LogP contribution in [0.5, 0.6) is 0 Å². The lowest BCUT2D eigenvalue weighted by Crippen LogP contribution is -2.38. The highest BCUT2D eigenvalue weighted by Crippen LogP contribution is 1.84. The van der Waals surface area contributed by atoms with E-state index in [0.29, 0.717) is 25.6 Å². The highest BCUT2D eigenvalue weighted by atomic mass is 16.1. The van der Waals surface area contributed by atoms with E-state index < -0.39 is 0 Å². The predicted octanol–water partition coefficient (Wildman–Crippen LogP) is -1.56. The molecule has 0 bridgehead atoms. The van der Waals surface area contributed by atoms with Crippen molar-refractivity contribution < 1.29 is 0 Å². The zero-order valence-corrected chi connectivity index (χ0v) is 9.50. The molecule has 0 radical (unpaired) electrons. The van der Waals surface area contributed by atoms with Crippen molar-refractivity contribution in [1.82, 2.24) is 26.1 Å². The van der Waals surface area contributed by atoms with Crippen LogP contribution in [0.15, 0.2) is 15.9 Å². The number of nitrogens with zero attached hydrogens (tertiary/aromatic N) is 2. The molecule has 0 spiro atoms. The first kappa shape index (κ1) is 12.8. The predicted molar refractivity (Wildman–Crippen MR) is 63.2 cm³/mol. The number of nitrogens with one attached hydrogen (secondary N) is 5. The van der Waals surface area contributed by atoms with Crippen molar-refractivity contribution in [2.75, 3.05) is 20.1 Å². The largest absolute Gasteiger partial charge is 0.354 e. The van der Waals surface area contributed by atoms with E-state index >= 15 is 0 Å². The van der Waals surface area contributed by atoms with Gasteiger partial charge < -0.3 is 15.7 Å². The molecule has 1 aromatic heterocycles. The number of guanidine groups is 1. The number of rotatable bonds is 5. The van der Waals surface area contributed by atoms with Crippen LogP contribution >= 0.6 is 0 Å². The van der Waals surface area contributed by atoms with Gasteiger partial charge >= 0.3 is 0 Å². The summed E-state index contributed by atoms with van der Waals surface area (Å²) in [6, 6.07) is 1.50. The first-order chi connectivity index (χ1) is 8.26. The highest BCUT2D eigenvalue weighted by Gasteiger charge is 1.96. The lowest BCUT2D eigenvalue weighted by Gasteiger charge is -2.07. The number of aromatic amines is 2. The molecule has 0 atom stereocenters. The molecule has 8 heteroatoms. The Morgan fingerprint density at radius 1 is 1.53 bits per heavy atom. The smallest absolute Gasteiger partial charge is 0.264 e. The molecule has 0 unspecified atom stereocenters. The summed E-state index contributed by atoms with van der Waals surface area (Å²) in [7, 11) is 1.59. The summed E-state index contributed by atoms with van der Waals surface area (Å²) in [5.41, 5.74) is 0.660. The summed E-state index contributed by atoms with van der Waals surface area (Å²) >= 11 is 0. The molecule has 0 aliphatic heterocycles. The van der Waals surface area contributed by atoms with Gasteiger partial charge in [-0.25, -0.2) is 0 Å². The maximum Gasteiger partial charge on any atom is 0.264 e. The first-order valence-electron chi connectivity index (χ1n) is 5.09. The topological polar surface area (TPSA) is 121 Å². The van der Waals surface area contributed by atoms with Crippen LogP contribution in [0.1, 0.15) is 5.69 Å². The fraction of sp³-hybridized carbons (Fsp3) is 0.444. The van der Waals surface area contributed by atoms with Gasteiger partial charge in [-0.3, -0.25) is 20.2 Å². The molecule has 0 saturated heterocycles. The van der Waals surface area contributed by atoms with E-state index in [1.165, 1.54) is 6.07 Å². The molecule has 92 valence electrons. The van der Waals surface area contributed by atoms with Gasteiger partial charge in [-0.1, -0.05) is 0 Å². The van der Waals surface area contributed by atoms with Crippen LogP contribution in [0.4, 0.5) is 0 Å². The van der Waals surface area contributed by atoms with Crippen LogP contribution in [0.25, 0.3) is 0 Å². The minimum Gasteiger partial charge on any atom is -0.354 e. The molecule has 0 saturated carbocycles. The van der Waals surface area contributed by atoms with Crippen molar-refractivity contribution in [3.8, 4) is 6.19 Å². The van der Waals surface area contributed by atoms with Gasteiger partial charge in [-0.05, 0) is 0 Å². The van der Waals surface area contributed by atoms with E-state index in [-0.39, 0.29) is 5.56 Å². The van der Waals surface area contributed by atoms with E-state index in [0.717, 1.165) is 5.69 Å². The maximum atomic E-state index is 10.8. The van der Waals surface area contributed by atoms with Gasteiger partial charge in [0.05, 0.1) is 5.69 Å². The molecule has 1 heterocycles. The summed E-state index contributed by atoms with van der Waals surface area (Å²) in [4.78, 5) is 14.6. The van der Waals surface area contributed by atoms with E-state index in [4.69, 9.17) is 5.26 Å². The Kier molecular flexibility index (Phi) is 5.33. The maximum absolute atomic E-state index is 10.8. The Hall–Kier alpha value is -2.27. The van der Waals surface area contributed by atoms with Crippen LogP contribution in [0.3, 0.4) is 0 Å². The zero-order chi connectivity index (χ0) is 12.5. The third-order valence-corrected chi connectivity index (χ3v) is 1.96. The molecule has 5 N–H and O–H groups in total. The highest BCUT2D eigenvalue weighted by molar-refractivity contribution is 5.80. The number of aliphatic imine (C=N–C) groups is 1. The second kappa shape index (κ2) is 7.08. The van der Waals surface area contributed by atoms with Gasteiger partial charge in [-0.15, -0.1) is 0 Å². The third-order valence-electron chi connectivity index (χ3n) is 1.96. The SMILES string of the molecule is CN=C(NC#N)NCCNCc1cc(=O)[nH][nH]1. The molecular weight excluding hydrogens is 222 g/mol. The summed E-state index contributed by atoms with van der Waals surface area (Å²) in [5.74, 6) is 0.435. The van der Waals surface area contributed by atoms with Crippen LogP contribution in [-0.2, 0) is 6.54 Å². The minimum absolute atomic E-state index is 0.140. The van der Waals surface area contributed by atoms with Gasteiger partial charge in [0.15, 0.2) is 6.19 Å². The molecular formula is C9H15N7O. The van der Waals surface area contributed by atoms with Crippen LogP contribution < -0.4 is 21.5 Å². The van der Waals surface area contributed by atoms with Crippen molar-refractivity contribution in [2.45, 2.75) is 6.54 Å². The Morgan fingerprint density at radius 2 is 2.35 bits per heavy atom. The quantitative estimate of drug-likeness (QED) is 0.139. The summed E-state index contributed by atoms with van der Waals surface area (Å²) in [6.45, 7) is 1.88. The van der Waals surface area contributed by atoms with Crippen molar-refractivity contribution in [3.05, 3.63) is 22.1 Å². The van der Waals surface area contributed by atoms with E-state index in [1.54, 1.807) is 13.2 Å². The average molecular weight is 237 g/mol. The Bertz CT molecular complexity index is 452. The van der Waals surface area contributed by atoms with Crippen molar-refractivity contribution in [2.24, 2.45) is 4.99 Å². The molecule has 0 aromatic carbocycles. The minimum atomic E-state index is -0.140. The first-order valence-corrected chi connectivity index (χ1v) is 5.09. The second-order valence-electron chi connectivity index (χ2n) is 3.20. The lowest BCUT2D eigenvalue weighted by molar-refractivity contribution is 0.657. The Morgan fingerprint density at radius 3 is 2.94 bits per heavy atom. The molecule has 1 rings (SSSR count). The Labute approximate surface area is 98.1 Å². The molecule has 0 fully saturated rings. The summed E-state index contributed by atoms with van der Waals surface area (Å²) in [5, 5.41) is 22.0. The number of aromatic nitrogens is 2. The van der Waals surface area contributed by atoms with Gasteiger partial charge in [0.2, 0.25) is 5.96 Å².